The van der Waals surface area contributed by atoms with Gasteiger partial charge in [-0.25, -0.2) is 0 Å². The fraction of sp³-hybridized carbons (Fsp3) is 0.368. The lowest BCUT2D eigenvalue weighted by molar-refractivity contribution is -0.130. The number of amides is 1. The second kappa shape index (κ2) is 6.91. The van der Waals surface area contributed by atoms with Gasteiger partial charge in [-0.2, -0.15) is 0 Å². The van der Waals surface area contributed by atoms with Crippen LogP contribution in [-0.2, 0) is 31.1 Å². The number of pyridine rings is 1. The predicted octanol–water partition coefficient (Wildman–Crippen LogP) is 1.56. The number of nitrogens with zero attached hydrogens (tertiary/aromatic N) is 2. The third-order valence-corrected chi connectivity index (χ3v) is 4.65. The number of methoxy groups -OCH3 is 1. The van der Waals surface area contributed by atoms with Crippen molar-refractivity contribution in [1.82, 2.24) is 9.47 Å². The zero-order valence-electron chi connectivity index (χ0n) is 14.1. The molecule has 0 unspecified atom stereocenters. The Morgan fingerprint density at radius 3 is 2.75 bits per heavy atom. The lowest BCUT2D eigenvalue weighted by atomic mass is 10.1. The molecule has 0 saturated carbocycles. The number of ether oxygens (including phenoxy) is 1. The van der Waals surface area contributed by atoms with E-state index in [1.807, 2.05) is 35.2 Å². The fourth-order valence-electron chi connectivity index (χ4n) is 3.21. The minimum Gasteiger partial charge on any atom is -0.497 e. The van der Waals surface area contributed by atoms with Crippen LogP contribution < -0.4 is 10.3 Å². The lowest BCUT2D eigenvalue weighted by Gasteiger charge is -2.20. The molecule has 0 bridgehead atoms. The van der Waals surface area contributed by atoms with Gasteiger partial charge in [0.2, 0.25) is 11.5 Å². The summed E-state index contributed by atoms with van der Waals surface area (Å²) in [4.78, 5) is 26.3. The van der Waals surface area contributed by atoms with E-state index in [0.29, 0.717) is 25.9 Å². The van der Waals surface area contributed by atoms with Gasteiger partial charge >= 0.3 is 0 Å². The molecule has 1 aliphatic rings. The third-order valence-electron chi connectivity index (χ3n) is 4.65. The summed E-state index contributed by atoms with van der Waals surface area (Å²) >= 11 is 0. The molecule has 24 heavy (non-hydrogen) atoms. The standard InChI is InChI=1S/C19H22N2O3/c1-20-17-9-11-21(10-8-15(17)6-7-18(20)22)19(23)13-14-4-3-5-16(12-14)24-2/h3-7,12H,8-11,13H2,1-2H3. The van der Waals surface area contributed by atoms with Crippen molar-refractivity contribution >= 4 is 5.91 Å². The lowest BCUT2D eigenvalue weighted by Crippen LogP contribution is -2.34. The highest BCUT2D eigenvalue weighted by Crippen LogP contribution is 2.17. The molecule has 0 atom stereocenters. The molecule has 0 radical (unpaired) electrons. The molecule has 0 saturated heterocycles. The van der Waals surface area contributed by atoms with Crippen molar-refractivity contribution in [2.75, 3.05) is 20.2 Å². The molecule has 1 aromatic carbocycles. The van der Waals surface area contributed by atoms with Crippen molar-refractivity contribution in [3.8, 4) is 5.75 Å². The summed E-state index contributed by atoms with van der Waals surface area (Å²) in [6.45, 7) is 1.33. The Balaban J connectivity index is 1.71. The van der Waals surface area contributed by atoms with Crippen LogP contribution in [0.3, 0.4) is 0 Å². The maximum absolute atomic E-state index is 12.6. The Morgan fingerprint density at radius 2 is 1.96 bits per heavy atom. The topological polar surface area (TPSA) is 51.5 Å². The van der Waals surface area contributed by atoms with Crippen molar-refractivity contribution in [1.29, 1.82) is 0 Å². The van der Waals surface area contributed by atoms with E-state index in [0.717, 1.165) is 29.0 Å². The van der Waals surface area contributed by atoms with E-state index >= 15 is 0 Å². The van der Waals surface area contributed by atoms with Crippen LogP contribution in [0.5, 0.6) is 5.75 Å². The van der Waals surface area contributed by atoms with Crippen molar-refractivity contribution in [3.05, 3.63) is 63.6 Å². The molecule has 5 nitrogen and oxygen atoms in total. The Kier molecular flexibility index (Phi) is 4.69. The molecular formula is C19H22N2O3. The van der Waals surface area contributed by atoms with Crippen molar-refractivity contribution < 1.29 is 9.53 Å². The molecule has 0 aliphatic carbocycles. The third kappa shape index (κ3) is 3.35. The van der Waals surface area contributed by atoms with Crippen LogP contribution in [0.2, 0.25) is 0 Å². The van der Waals surface area contributed by atoms with Crippen LogP contribution in [0.25, 0.3) is 0 Å². The minimum absolute atomic E-state index is 0.00454. The first kappa shape index (κ1) is 16.3. The first-order valence-corrected chi connectivity index (χ1v) is 8.17. The second-order valence-corrected chi connectivity index (χ2v) is 6.11. The van der Waals surface area contributed by atoms with Crippen LogP contribution in [0.4, 0.5) is 0 Å². The Hall–Kier alpha value is -2.56. The number of fused-ring (bicyclic) bond motifs is 1. The second-order valence-electron chi connectivity index (χ2n) is 6.11. The molecule has 0 fully saturated rings. The van der Waals surface area contributed by atoms with Gasteiger partial charge in [-0.3, -0.25) is 9.59 Å². The quantitative estimate of drug-likeness (QED) is 0.860. The van der Waals surface area contributed by atoms with Crippen molar-refractivity contribution in [2.45, 2.75) is 19.3 Å². The summed E-state index contributed by atoms with van der Waals surface area (Å²) in [5, 5.41) is 0. The van der Waals surface area contributed by atoms with E-state index in [4.69, 9.17) is 4.74 Å². The van der Waals surface area contributed by atoms with Crippen LogP contribution in [0, 0.1) is 0 Å². The van der Waals surface area contributed by atoms with Gasteiger partial charge in [0.05, 0.1) is 13.5 Å². The Bertz CT molecular complexity index is 810. The van der Waals surface area contributed by atoms with Gasteiger partial charge in [0.25, 0.3) is 0 Å². The molecule has 0 N–H and O–H groups in total. The molecular weight excluding hydrogens is 304 g/mol. The molecule has 0 spiro atoms. The van der Waals surface area contributed by atoms with Gasteiger partial charge in [0, 0.05) is 38.3 Å². The van der Waals surface area contributed by atoms with Gasteiger partial charge in [-0.1, -0.05) is 18.2 Å². The molecule has 126 valence electrons. The highest BCUT2D eigenvalue weighted by Gasteiger charge is 2.20. The number of benzene rings is 1. The number of carbonyl (C=O) groups excluding carboxylic acids is 1. The molecule has 1 aliphatic heterocycles. The van der Waals surface area contributed by atoms with Crippen LogP contribution in [0.15, 0.2) is 41.2 Å². The molecule has 5 heteroatoms. The first-order chi connectivity index (χ1) is 11.6. The van der Waals surface area contributed by atoms with E-state index in [1.165, 1.54) is 0 Å². The maximum atomic E-state index is 12.6. The largest absolute Gasteiger partial charge is 0.497 e. The Labute approximate surface area is 141 Å². The van der Waals surface area contributed by atoms with Gasteiger partial charge in [-0.05, 0) is 29.7 Å². The van der Waals surface area contributed by atoms with E-state index in [1.54, 1.807) is 24.8 Å². The molecule has 1 aromatic heterocycles. The summed E-state index contributed by atoms with van der Waals surface area (Å²) in [7, 11) is 3.42. The maximum Gasteiger partial charge on any atom is 0.250 e. The van der Waals surface area contributed by atoms with Gasteiger partial charge < -0.3 is 14.2 Å². The zero-order valence-corrected chi connectivity index (χ0v) is 14.1. The smallest absolute Gasteiger partial charge is 0.250 e. The summed E-state index contributed by atoms with van der Waals surface area (Å²) in [6.07, 6.45) is 1.87. The summed E-state index contributed by atoms with van der Waals surface area (Å²) in [6, 6.07) is 11.1. The highest BCUT2D eigenvalue weighted by atomic mass is 16.5. The van der Waals surface area contributed by atoms with Crippen molar-refractivity contribution in [2.24, 2.45) is 7.05 Å². The van der Waals surface area contributed by atoms with Crippen LogP contribution >= 0.6 is 0 Å². The highest BCUT2D eigenvalue weighted by molar-refractivity contribution is 5.79. The van der Waals surface area contributed by atoms with Crippen LogP contribution in [-0.4, -0.2) is 35.6 Å². The van der Waals surface area contributed by atoms with E-state index in [-0.39, 0.29) is 11.5 Å². The van der Waals surface area contributed by atoms with Gasteiger partial charge in [0.15, 0.2) is 0 Å². The normalized spacial score (nSPS) is 14.0. The average Bonchev–Trinajstić information content (AvgIpc) is 2.81. The first-order valence-electron chi connectivity index (χ1n) is 8.17. The SMILES string of the molecule is COc1cccc(CC(=O)N2CCc3ccc(=O)n(C)c3CC2)c1. The zero-order chi connectivity index (χ0) is 17.1. The molecule has 3 rings (SSSR count). The summed E-state index contributed by atoms with van der Waals surface area (Å²) < 4.78 is 6.91. The number of rotatable bonds is 3. The number of carbonyl (C=O) groups is 1. The van der Waals surface area contributed by atoms with Crippen LogP contribution in [0.1, 0.15) is 16.8 Å². The summed E-state index contributed by atoms with van der Waals surface area (Å²) in [5.74, 6) is 0.875. The molecule has 1 amide bonds. The minimum atomic E-state index is 0.00454. The van der Waals surface area contributed by atoms with Crippen molar-refractivity contribution in [3.63, 3.8) is 0 Å². The molecule has 2 heterocycles. The van der Waals surface area contributed by atoms with Gasteiger partial charge in [0.1, 0.15) is 5.75 Å². The summed E-state index contributed by atoms with van der Waals surface area (Å²) in [5.41, 5.74) is 3.16. The van der Waals surface area contributed by atoms with E-state index in [2.05, 4.69) is 0 Å². The molecule has 2 aromatic rings. The van der Waals surface area contributed by atoms with Gasteiger partial charge in [-0.15, -0.1) is 0 Å². The predicted molar refractivity (Wildman–Crippen MR) is 92.4 cm³/mol. The number of hydrogen-bond donors (Lipinski definition) is 0. The number of hydrogen-bond acceptors (Lipinski definition) is 3. The van der Waals surface area contributed by atoms with E-state index in [9.17, 15) is 9.59 Å². The monoisotopic (exact) mass is 326 g/mol. The van der Waals surface area contributed by atoms with E-state index < -0.39 is 0 Å². The average molecular weight is 326 g/mol. The number of aromatic nitrogens is 1. The Morgan fingerprint density at radius 1 is 1.17 bits per heavy atom. The fourth-order valence-corrected chi connectivity index (χ4v) is 3.21.